The molecule has 134 valence electrons. The summed E-state index contributed by atoms with van der Waals surface area (Å²) in [6, 6.07) is 5.40. The van der Waals surface area contributed by atoms with Gasteiger partial charge >= 0.3 is 0 Å². The number of halogens is 1. The fraction of sp³-hybridized carbons (Fsp3) is 0.526. The fourth-order valence-corrected chi connectivity index (χ4v) is 3.86. The first-order valence-corrected chi connectivity index (χ1v) is 8.88. The first-order valence-electron chi connectivity index (χ1n) is 8.88. The van der Waals surface area contributed by atoms with Crippen LogP contribution in [0.15, 0.2) is 24.3 Å². The molecule has 1 N–H and O–H groups in total. The molecule has 3 amide bonds. The largest absolute Gasteiger partial charge is 0.354 e. The Balaban J connectivity index is 1.57. The van der Waals surface area contributed by atoms with E-state index < -0.39 is 6.04 Å². The van der Waals surface area contributed by atoms with Crippen molar-refractivity contribution in [3.8, 4) is 0 Å². The molecule has 0 bridgehead atoms. The summed E-state index contributed by atoms with van der Waals surface area (Å²) in [6.07, 6.45) is 3.88. The Morgan fingerprint density at radius 2 is 1.88 bits per heavy atom. The van der Waals surface area contributed by atoms with Crippen molar-refractivity contribution >= 4 is 17.7 Å². The van der Waals surface area contributed by atoms with Crippen LogP contribution in [0.2, 0.25) is 0 Å². The van der Waals surface area contributed by atoms with Gasteiger partial charge in [0.1, 0.15) is 11.9 Å². The molecule has 2 aliphatic rings. The number of benzene rings is 1. The van der Waals surface area contributed by atoms with E-state index in [1.165, 1.54) is 12.1 Å². The summed E-state index contributed by atoms with van der Waals surface area (Å²) in [6.45, 7) is 1.92. The van der Waals surface area contributed by atoms with Crippen molar-refractivity contribution in [2.24, 2.45) is 11.8 Å². The van der Waals surface area contributed by atoms with Crippen molar-refractivity contribution in [1.29, 1.82) is 0 Å². The Morgan fingerprint density at radius 3 is 2.48 bits per heavy atom. The van der Waals surface area contributed by atoms with E-state index in [9.17, 15) is 18.8 Å². The summed E-state index contributed by atoms with van der Waals surface area (Å²) in [4.78, 5) is 38.5. The molecule has 1 heterocycles. The van der Waals surface area contributed by atoms with E-state index in [4.69, 9.17) is 0 Å². The number of nitrogens with one attached hydrogen (secondary N) is 1. The van der Waals surface area contributed by atoms with Gasteiger partial charge in [0.05, 0.1) is 11.8 Å². The van der Waals surface area contributed by atoms with Gasteiger partial charge in [-0.2, -0.15) is 0 Å². The Hall–Kier alpha value is -2.24. The van der Waals surface area contributed by atoms with E-state index in [-0.39, 0.29) is 35.4 Å². The van der Waals surface area contributed by atoms with Gasteiger partial charge in [-0.25, -0.2) is 4.39 Å². The van der Waals surface area contributed by atoms with Crippen LogP contribution in [-0.2, 0) is 20.8 Å². The molecule has 0 radical (unpaired) electrons. The number of hydrogen-bond acceptors (Lipinski definition) is 3. The van der Waals surface area contributed by atoms with Crippen LogP contribution in [0.1, 0.15) is 38.2 Å². The lowest BCUT2D eigenvalue weighted by Crippen LogP contribution is -2.48. The maximum absolute atomic E-state index is 13.1. The van der Waals surface area contributed by atoms with Gasteiger partial charge in [-0.1, -0.05) is 25.0 Å². The van der Waals surface area contributed by atoms with Crippen molar-refractivity contribution in [2.45, 2.75) is 45.1 Å². The molecule has 3 atom stereocenters. The normalized spacial score (nSPS) is 24.2. The third kappa shape index (κ3) is 3.57. The third-order valence-corrected chi connectivity index (χ3v) is 5.24. The number of carbonyl (C=O) groups excluding carboxylic acids is 3. The highest BCUT2D eigenvalue weighted by Gasteiger charge is 2.50. The van der Waals surface area contributed by atoms with Crippen molar-refractivity contribution in [3.05, 3.63) is 35.6 Å². The lowest BCUT2D eigenvalue weighted by molar-refractivity contribution is -0.147. The minimum atomic E-state index is -0.807. The minimum Gasteiger partial charge on any atom is -0.354 e. The van der Waals surface area contributed by atoms with Crippen LogP contribution >= 0.6 is 0 Å². The summed E-state index contributed by atoms with van der Waals surface area (Å²) in [7, 11) is 0. The average Bonchev–Trinajstić information content (AvgIpc) is 2.86. The molecular weight excluding hydrogens is 323 g/mol. The predicted molar refractivity (Wildman–Crippen MR) is 89.9 cm³/mol. The lowest BCUT2D eigenvalue weighted by atomic mass is 9.81. The number of carbonyl (C=O) groups is 3. The standard InChI is InChI=1S/C19H23FN2O3/c1-12(17(23)21-10-9-13-5-4-6-14(20)11-13)22-18(24)15-7-2-3-8-16(15)19(22)25/h4-6,11-12,15-16H,2-3,7-10H2,1H3,(H,21,23)/t12-,15+,16+/m0/s1. The Kier molecular flexibility index (Phi) is 5.16. The average molecular weight is 346 g/mol. The Morgan fingerprint density at radius 1 is 1.24 bits per heavy atom. The second-order valence-corrected chi connectivity index (χ2v) is 6.89. The number of fused-ring (bicyclic) bond motifs is 1. The molecule has 3 rings (SSSR count). The molecule has 1 saturated heterocycles. The maximum Gasteiger partial charge on any atom is 0.243 e. The van der Waals surface area contributed by atoms with Crippen LogP contribution in [0.25, 0.3) is 0 Å². The van der Waals surface area contributed by atoms with Crippen molar-refractivity contribution in [1.82, 2.24) is 10.2 Å². The highest BCUT2D eigenvalue weighted by Crippen LogP contribution is 2.38. The molecule has 25 heavy (non-hydrogen) atoms. The maximum atomic E-state index is 13.1. The number of hydrogen-bond donors (Lipinski definition) is 1. The number of amides is 3. The predicted octanol–water partition coefficient (Wildman–Crippen LogP) is 2.05. The van der Waals surface area contributed by atoms with E-state index in [1.807, 2.05) is 0 Å². The third-order valence-electron chi connectivity index (χ3n) is 5.24. The molecule has 0 unspecified atom stereocenters. The van der Waals surface area contributed by atoms with Gasteiger partial charge in [-0.3, -0.25) is 19.3 Å². The molecule has 5 nitrogen and oxygen atoms in total. The second-order valence-electron chi connectivity index (χ2n) is 6.89. The molecule has 1 aliphatic heterocycles. The summed E-state index contributed by atoms with van der Waals surface area (Å²) >= 11 is 0. The van der Waals surface area contributed by atoms with Gasteiger partial charge in [0.2, 0.25) is 17.7 Å². The summed E-state index contributed by atoms with van der Waals surface area (Å²) < 4.78 is 13.1. The van der Waals surface area contributed by atoms with Crippen LogP contribution < -0.4 is 5.32 Å². The number of rotatable bonds is 5. The van der Waals surface area contributed by atoms with Crippen molar-refractivity contribution in [3.63, 3.8) is 0 Å². The van der Waals surface area contributed by atoms with Gasteiger partial charge < -0.3 is 5.32 Å². The molecule has 1 saturated carbocycles. The Bertz CT molecular complexity index is 667. The zero-order valence-electron chi connectivity index (χ0n) is 14.3. The van der Waals surface area contributed by atoms with Gasteiger partial charge in [0.15, 0.2) is 0 Å². The number of imide groups is 1. The summed E-state index contributed by atoms with van der Waals surface area (Å²) in [5, 5.41) is 2.74. The van der Waals surface area contributed by atoms with Crippen LogP contribution in [0.3, 0.4) is 0 Å². The van der Waals surface area contributed by atoms with Crippen LogP contribution in [0.4, 0.5) is 4.39 Å². The van der Waals surface area contributed by atoms with E-state index in [0.717, 1.165) is 36.1 Å². The van der Waals surface area contributed by atoms with Crippen molar-refractivity contribution in [2.75, 3.05) is 6.54 Å². The van der Waals surface area contributed by atoms with E-state index in [1.54, 1.807) is 19.1 Å². The summed E-state index contributed by atoms with van der Waals surface area (Å²) in [5.74, 6) is -1.57. The number of likely N-dealkylation sites (tertiary alicyclic amines) is 1. The fourth-order valence-electron chi connectivity index (χ4n) is 3.86. The molecular formula is C19H23FN2O3. The first kappa shape index (κ1) is 17.6. The molecule has 0 spiro atoms. The zero-order valence-corrected chi connectivity index (χ0v) is 14.3. The highest BCUT2D eigenvalue weighted by atomic mass is 19.1. The van der Waals surface area contributed by atoms with Crippen LogP contribution in [-0.4, -0.2) is 35.2 Å². The van der Waals surface area contributed by atoms with Crippen LogP contribution in [0.5, 0.6) is 0 Å². The molecule has 2 fully saturated rings. The lowest BCUT2D eigenvalue weighted by Gasteiger charge is -2.22. The van der Waals surface area contributed by atoms with Crippen LogP contribution in [0, 0.1) is 17.7 Å². The summed E-state index contributed by atoms with van der Waals surface area (Å²) in [5.41, 5.74) is 0.785. The first-order chi connectivity index (χ1) is 12.0. The molecule has 1 aliphatic carbocycles. The quantitative estimate of drug-likeness (QED) is 0.830. The SMILES string of the molecule is C[C@@H](C(=O)NCCc1cccc(F)c1)N1C(=O)[C@@H]2CCCC[C@H]2C1=O. The second kappa shape index (κ2) is 7.33. The van der Waals surface area contributed by atoms with E-state index >= 15 is 0 Å². The number of nitrogens with zero attached hydrogens (tertiary/aromatic N) is 1. The highest BCUT2D eigenvalue weighted by molar-refractivity contribution is 6.08. The van der Waals surface area contributed by atoms with Gasteiger partial charge in [0, 0.05) is 6.54 Å². The van der Waals surface area contributed by atoms with Gasteiger partial charge in [-0.15, -0.1) is 0 Å². The smallest absolute Gasteiger partial charge is 0.243 e. The van der Waals surface area contributed by atoms with Crippen molar-refractivity contribution < 1.29 is 18.8 Å². The van der Waals surface area contributed by atoms with Gasteiger partial charge in [0.25, 0.3) is 0 Å². The molecule has 1 aromatic rings. The van der Waals surface area contributed by atoms with Gasteiger partial charge in [-0.05, 0) is 43.9 Å². The van der Waals surface area contributed by atoms with E-state index in [0.29, 0.717) is 13.0 Å². The monoisotopic (exact) mass is 346 g/mol. The zero-order chi connectivity index (χ0) is 18.0. The molecule has 6 heteroatoms. The Labute approximate surface area is 146 Å². The molecule has 0 aromatic heterocycles. The molecule has 1 aromatic carbocycles. The topological polar surface area (TPSA) is 66.5 Å². The minimum absolute atomic E-state index is 0.206. The van der Waals surface area contributed by atoms with E-state index in [2.05, 4.69) is 5.32 Å².